The molecule has 1 aliphatic carbocycles. The van der Waals surface area contributed by atoms with Gasteiger partial charge in [0.15, 0.2) is 0 Å². The first kappa shape index (κ1) is 18.9. The highest BCUT2D eigenvalue weighted by atomic mass is 16.5. The number of nitrogens with zero attached hydrogens (tertiary/aromatic N) is 3. The van der Waals surface area contributed by atoms with Crippen LogP contribution in [0.1, 0.15) is 17.9 Å². The topological polar surface area (TPSA) is 57.7 Å². The monoisotopic (exact) mass is 380 g/mol. The van der Waals surface area contributed by atoms with Crippen LogP contribution >= 0.6 is 0 Å². The SMILES string of the molecule is COc1ncccc1-c1ccc(C2C[C@@H]2NCC(=O)N2CCN(C)CC2)cc1. The highest BCUT2D eigenvalue weighted by Crippen LogP contribution is 2.41. The predicted molar refractivity (Wildman–Crippen MR) is 109 cm³/mol. The van der Waals surface area contributed by atoms with Gasteiger partial charge >= 0.3 is 0 Å². The number of benzene rings is 1. The van der Waals surface area contributed by atoms with Crippen LogP contribution in [0.5, 0.6) is 5.88 Å². The Morgan fingerprint density at radius 2 is 1.93 bits per heavy atom. The number of aromatic nitrogens is 1. The molecule has 6 nitrogen and oxygen atoms in total. The molecule has 1 saturated carbocycles. The first-order chi connectivity index (χ1) is 13.7. The van der Waals surface area contributed by atoms with Gasteiger partial charge in [0.25, 0.3) is 0 Å². The fraction of sp³-hybridized carbons (Fsp3) is 0.455. The van der Waals surface area contributed by atoms with Gasteiger partial charge in [-0.25, -0.2) is 4.98 Å². The second kappa shape index (κ2) is 8.29. The third kappa shape index (κ3) is 4.18. The third-order valence-corrected chi connectivity index (χ3v) is 5.78. The molecular weight excluding hydrogens is 352 g/mol. The smallest absolute Gasteiger partial charge is 0.236 e. The van der Waals surface area contributed by atoms with Gasteiger partial charge in [-0.2, -0.15) is 0 Å². The molecule has 1 aliphatic heterocycles. The first-order valence-corrected chi connectivity index (χ1v) is 9.95. The summed E-state index contributed by atoms with van der Waals surface area (Å²) in [6, 6.07) is 12.9. The van der Waals surface area contributed by atoms with Crippen LogP contribution in [0.4, 0.5) is 0 Å². The van der Waals surface area contributed by atoms with E-state index >= 15 is 0 Å². The molecule has 2 heterocycles. The summed E-state index contributed by atoms with van der Waals surface area (Å²) in [6.45, 7) is 4.04. The van der Waals surface area contributed by atoms with Crippen LogP contribution in [0.3, 0.4) is 0 Å². The van der Waals surface area contributed by atoms with E-state index in [1.807, 2.05) is 17.0 Å². The number of hydrogen-bond acceptors (Lipinski definition) is 5. The lowest BCUT2D eigenvalue weighted by Crippen LogP contribution is -2.49. The van der Waals surface area contributed by atoms with Crippen molar-refractivity contribution < 1.29 is 9.53 Å². The molecule has 2 aliphatic rings. The van der Waals surface area contributed by atoms with Gasteiger partial charge in [-0.15, -0.1) is 0 Å². The van der Waals surface area contributed by atoms with Crippen molar-refractivity contribution in [2.24, 2.45) is 0 Å². The Hall–Kier alpha value is -2.44. The molecule has 1 saturated heterocycles. The summed E-state index contributed by atoms with van der Waals surface area (Å²) >= 11 is 0. The molecule has 1 unspecified atom stereocenters. The molecule has 4 rings (SSSR count). The predicted octanol–water partition coefficient (Wildman–Crippen LogP) is 1.98. The quantitative estimate of drug-likeness (QED) is 0.830. The minimum atomic E-state index is 0.220. The Labute approximate surface area is 166 Å². The molecular formula is C22H28N4O2. The van der Waals surface area contributed by atoms with E-state index in [1.165, 1.54) is 5.56 Å². The van der Waals surface area contributed by atoms with E-state index in [1.54, 1.807) is 13.3 Å². The molecule has 0 radical (unpaired) electrons. The van der Waals surface area contributed by atoms with Crippen molar-refractivity contribution >= 4 is 5.91 Å². The van der Waals surface area contributed by atoms with E-state index in [0.29, 0.717) is 24.4 Å². The minimum Gasteiger partial charge on any atom is -0.481 e. The summed E-state index contributed by atoms with van der Waals surface area (Å²) in [5.74, 6) is 1.35. The largest absolute Gasteiger partial charge is 0.481 e. The summed E-state index contributed by atoms with van der Waals surface area (Å²) in [5, 5.41) is 3.44. The molecule has 0 spiro atoms. The minimum absolute atomic E-state index is 0.220. The number of hydrogen-bond donors (Lipinski definition) is 1. The lowest BCUT2D eigenvalue weighted by atomic mass is 10.0. The highest BCUT2D eigenvalue weighted by molar-refractivity contribution is 5.78. The number of methoxy groups -OCH3 is 1. The Bertz CT molecular complexity index is 816. The van der Waals surface area contributed by atoms with Gasteiger partial charge in [0, 0.05) is 49.9 Å². The molecule has 1 aromatic carbocycles. The van der Waals surface area contributed by atoms with Crippen molar-refractivity contribution in [3.8, 4) is 17.0 Å². The molecule has 1 N–H and O–H groups in total. The van der Waals surface area contributed by atoms with Gasteiger partial charge in [0.1, 0.15) is 0 Å². The van der Waals surface area contributed by atoms with Crippen molar-refractivity contribution in [3.05, 3.63) is 48.2 Å². The average Bonchev–Trinajstić information content (AvgIpc) is 3.52. The molecule has 1 aromatic heterocycles. The summed E-state index contributed by atoms with van der Waals surface area (Å²) in [7, 11) is 3.74. The van der Waals surface area contributed by atoms with Gasteiger partial charge in [-0.05, 0) is 36.7 Å². The Kier molecular flexibility index (Phi) is 5.59. The van der Waals surface area contributed by atoms with Crippen molar-refractivity contribution in [2.75, 3.05) is 46.9 Å². The van der Waals surface area contributed by atoms with Crippen molar-refractivity contribution in [1.29, 1.82) is 0 Å². The van der Waals surface area contributed by atoms with Gasteiger partial charge in [0.2, 0.25) is 11.8 Å². The summed E-state index contributed by atoms with van der Waals surface area (Å²) in [4.78, 5) is 20.9. The second-order valence-corrected chi connectivity index (χ2v) is 7.70. The molecule has 2 atom stereocenters. The first-order valence-electron chi connectivity index (χ1n) is 9.95. The Morgan fingerprint density at radius 1 is 1.18 bits per heavy atom. The molecule has 2 fully saturated rings. The van der Waals surface area contributed by atoms with E-state index in [2.05, 4.69) is 46.5 Å². The van der Waals surface area contributed by atoms with Crippen LogP contribution in [-0.2, 0) is 4.79 Å². The van der Waals surface area contributed by atoms with E-state index in [0.717, 1.165) is 43.7 Å². The van der Waals surface area contributed by atoms with Gasteiger partial charge < -0.3 is 19.9 Å². The van der Waals surface area contributed by atoms with E-state index in [4.69, 9.17) is 4.74 Å². The van der Waals surface area contributed by atoms with Crippen molar-refractivity contribution in [1.82, 2.24) is 20.1 Å². The Balaban J connectivity index is 1.30. The van der Waals surface area contributed by atoms with Gasteiger partial charge in [0.05, 0.1) is 13.7 Å². The number of amides is 1. The van der Waals surface area contributed by atoms with Gasteiger partial charge in [-0.3, -0.25) is 4.79 Å². The zero-order valence-electron chi connectivity index (χ0n) is 16.6. The Morgan fingerprint density at radius 3 is 2.64 bits per heavy atom. The molecule has 148 valence electrons. The zero-order valence-corrected chi connectivity index (χ0v) is 16.6. The lowest BCUT2D eigenvalue weighted by molar-refractivity contribution is -0.131. The van der Waals surface area contributed by atoms with Crippen molar-refractivity contribution in [3.63, 3.8) is 0 Å². The normalized spacial score (nSPS) is 22.1. The fourth-order valence-corrected chi connectivity index (χ4v) is 3.86. The molecule has 6 heteroatoms. The second-order valence-electron chi connectivity index (χ2n) is 7.70. The third-order valence-electron chi connectivity index (χ3n) is 5.78. The number of rotatable bonds is 6. The number of carbonyl (C=O) groups excluding carboxylic acids is 1. The summed E-state index contributed by atoms with van der Waals surface area (Å²) < 4.78 is 5.36. The summed E-state index contributed by atoms with van der Waals surface area (Å²) in [5.41, 5.74) is 3.42. The number of piperazine rings is 1. The maximum atomic E-state index is 12.4. The van der Waals surface area contributed by atoms with Crippen LogP contribution in [-0.4, -0.2) is 73.6 Å². The van der Waals surface area contributed by atoms with Gasteiger partial charge in [-0.1, -0.05) is 24.3 Å². The summed E-state index contributed by atoms with van der Waals surface area (Å²) in [6.07, 6.45) is 2.83. The lowest BCUT2D eigenvalue weighted by Gasteiger charge is -2.32. The van der Waals surface area contributed by atoms with Crippen molar-refractivity contribution in [2.45, 2.75) is 18.4 Å². The fourth-order valence-electron chi connectivity index (χ4n) is 3.86. The van der Waals surface area contributed by atoms with Crippen LogP contribution in [0.15, 0.2) is 42.6 Å². The molecule has 2 aromatic rings. The number of nitrogens with one attached hydrogen (secondary N) is 1. The van der Waals surface area contributed by atoms with Crippen LogP contribution in [0, 0.1) is 0 Å². The van der Waals surface area contributed by atoms with E-state index < -0.39 is 0 Å². The maximum Gasteiger partial charge on any atom is 0.236 e. The van der Waals surface area contributed by atoms with Crippen LogP contribution in [0.25, 0.3) is 11.1 Å². The standard InChI is InChI=1S/C22H28N4O2/c1-25-10-12-26(13-11-25)21(27)15-24-20-14-19(20)17-7-5-16(6-8-17)18-4-3-9-23-22(18)28-2/h3-9,19-20,24H,10-15H2,1-2H3/t19?,20-/m0/s1. The number of likely N-dealkylation sites (N-methyl/N-ethyl adjacent to an activating group) is 1. The number of pyridine rings is 1. The van der Waals surface area contributed by atoms with E-state index in [-0.39, 0.29) is 5.91 Å². The van der Waals surface area contributed by atoms with Crippen LogP contribution in [0.2, 0.25) is 0 Å². The zero-order chi connectivity index (χ0) is 19.5. The number of carbonyl (C=O) groups is 1. The maximum absolute atomic E-state index is 12.4. The molecule has 0 bridgehead atoms. The van der Waals surface area contributed by atoms with E-state index in [9.17, 15) is 4.79 Å². The average molecular weight is 380 g/mol. The molecule has 1 amide bonds. The van der Waals surface area contributed by atoms with Crippen LogP contribution < -0.4 is 10.1 Å². The highest BCUT2D eigenvalue weighted by Gasteiger charge is 2.38. The number of ether oxygens (including phenoxy) is 1. The molecule has 28 heavy (non-hydrogen) atoms.